The van der Waals surface area contributed by atoms with Gasteiger partial charge < -0.3 is 15.3 Å². The number of carbonyl (C=O) groups is 2. The fourth-order valence-corrected chi connectivity index (χ4v) is 1.31. The number of carbonyl (C=O) groups excluding carboxylic acids is 1. The van der Waals surface area contributed by atoms with Gasteiger partial charge in [0.25, 0.3) is 0 Å². The van der Waals surface area contributed by atoms with E-state index in [1.807, 2.05) is 11.8 Å². The van der Waals surface area contributed by atoms with Crippen LogP contribution in [0.3, 0.4) is 0 Å². The number of allylic oxidation sites excluding steroid dienone is 1. The number of nitrogens with one attached hydrogen (secondary N) is 1. The van der Waals surface area contributed by atoms with E-state index >= 15 is 0 Å². The molecule has 0 aliphatic carbocycles. The van der Waals surface area contributed by atoms with Crippen LogP contribution in [0.5, 0.6) is 0 Å². The number of alkyl halides is 3. The summed E-state index contributed by atoms with van der Waals surface area (Å²) in [4.78, 5) is 22.1. The molecule has 0 aromatic carbocycles. The van der Waals surface area contributed by atoms with Crippen molar-refractivity contribution in [3.8, 4) is 0 Å². The molecule has 0 saturated carbocycles. The summed E-state index contributed by atoms with van der Waals surface area (Å²) in [5, 5.41) is 10.4. The minimum Gasteiger partial charge on any atom is -0.475 e. The number of aliphatic carboxylic acids is 1. The Morgan fingerprint density at radius 3 is 2.32 bits per heavy atom. The molecule has 8 heteroatoms. The van der Waals surface area contributed by atoms with E-state index in [-0.39, 0.29) is 5.91 Å². The van der Waals surface area contributed by atoms with E-state index < -0.39 is 12.1 Å². The van der Waals surface area contributed by atoms with Crippen LogP contribution in [0, 0.1) is 0 Å². The van der Waals surface area contributed by atoms with Crippen LogP contribution >= 0.6 is 0 Å². The third-order valence-corrected chi connectivity index (χ3v) is 2.20. The van der Waals surface area contributed by atoms with Gasteiger partial charge in [-0.3, -0.25) is 4.79 Å². The summed E-state index contributed by atoms with van der Waals surface area (Å²) in [5.41, 5.74) is 0. The van der Waals surface area contributed by atoms with Gasteiger partial charge in [0.05, 0.1) is 0 Å². The maximum absolute atomic E-state index is 11.4. The summed E-state index contributed by atoms with van der Waals surface area (Å²) in [6.07, 6.45) is -0.602. The molecule has 1 heterocycles. The molecule has 1 rings (SSSR count). The first-order valence-electron chi connectivity index (χ1n) is 5.71. The first kappa shape index (κ1) is 17.4. The van der Waals surface area contributed by atoms with Gasteiger partial charge in [-0.1, -0.05) is 6.08 Å². The zero-order chi connectivity index (χ0) is 14.9. The van der Waals surface area contributed by atoms with E-state index in [4.69, 9.17) is 9.90 Å². The molecule has 0 radical (unpaired) electrons. The third kappa shape index (κ3) is 8.20. The molecule has 0 aromatic heterocycles. The van der Waals surface area contributed by atoms with Gasteiger partial charge in [0, 0.05) is 19.6 Å². The van der Waals surface area contributed by atoms with Gasteiger partial charge in [0.2, 0.25) is 5.91 Å². The van der Waals surface area contributed by atoms with Crippen LogP contribution in [0.15, 0.2) is 12.2 Å². The van der Waals surface area contributed by atoms with E-state index in [9.17, 15) is 18.0 Å². The molecule has 1 fully saturated rings. The van der Waals surface area contributed by atoms with Gasteiger partial charge in [-0.15, -0.1) is 0 Å². The van der Waals surface area contributed by atoms with Gasteiger partial charge >= 0.3 is 12.1 Å². The second-order valence-electron chi connectivity index (χ2n) is 3.73. The molecule has 0 atom stereocenters. The fourth-order valence-electron chi connectivity index (χ4n) is 1.31. The van der Waals surface area contributed by atoms with Gasteiger partial charge in [-0.05, 0) is 26.0 Å². The average Bonchev–Trinajstić information content (AvgIpc) is 2.57. The van der Waals surface area contributed by atoms with Crippen LogP contribution in [0.1, 0.15) is 13.3 Å². The van der Waals surface area contributed by atoms with E-state index in [1.54, 1.807) is 12.2 Å². The summed E-state index contributed by atoms with van der Waals surface area (Å²) in [5.74, 6) is -2.62. The largest absolute Gasteiger partial charge is 0.490 e. The van der Waals surface area contributed by atoms with Gasteiger partial charge in [0.15, 0.2) is 0 Å². The molecule has 1 amide bonds. The monoisotopic (exact) mass is 282 g/mol. The van der Waals surface area contributed by atoms with Crippen LogP contribution in [-0.2, 0) is 9.59 Å². The molecule has 0 spiro atoms. The standard InChI is InChI=1S/C9H16N2O.C2HF3O2/c1-2-4-9(12)11-7-3-5-10-6-8-11;3-2(4,5)1(6)7/h2,4,10H,3,5-8H2,1H3;(H,6,7). The molecule has 1 aliphatic rings. The lowest BCUT2D eigenvalue weighted by Gasteiger charge is -2.17. The van der Waals surface area contributed by atoms with E-state index in [2.05, 4.69) is 5.32 Å². The fraction of sp³-hybridized carbons (Fsp3) is 0.636. The van der Waals surface area contributed by atoms with Crippen molar-refractivity contribution in [1.29, 1.82) is 0 Å². The van der Waals surface area contributed by atoms with Gasteiger partial charge in [-0.25, -0.2) is 4.79 Å². The number of halogens is 3. The highest BCUT2D eigenvalue weighted by Gasteiger charge is 2.38. The second-order valence-corrected chi connectivity index (χ2v) is 3.73. The third-order valence-electron chi connectivity index (χ3n) is 2.20. The number of hydrogen-bond donors (Lipinski definition) is 2. The molecular weight excluding hydrogens is 265 g/mol. The lowest BCUT2D eigenvalue weighted by atomic mass is 10.3. The van der Waals surface area contributed by atoms with Crippen LogP contribution < -0.4 is 5.32 Å². The molecule has 0 bridgehead atoms. The predicted octanol–water partition coefficient (Wildman–Crippen LogP) is 1.02. The lowest BCUT2D eigenvalue weighted by Crippen LogP contribution is -2.32. The highest BCUT2D eigenvalue weighted by molar-refractivity contribution is 5.87. The highest BCUT2D eigenvalue weighted by Crippen LogP contribution is 2.13. The Bertz CT molecular complexity index is 322. The van der Waals surface area contributed by atoms with Crippen LogP contribution in [0.25, 0.3) is 0 Å². The summed E-state index contributed by atoms with van der Waals surface area (Å²) < 4.78 is 31.7. The lowest BCUT2D eigenvalue weighted by molar-refractivity contribution is -0.192. The molecule has 1 aliphatic heterocycles. The Labute approximate surface area is 109 Å². The maximum Gasteiger partial charge on any atom is 0.490 e. The van der Waals surface area contributed by atoms with Crippen molar-refractivity contribution in [2.24, 2.45) is 0 Å². The molecule has 19 heavy (non-hydrogen) atoms. The Morgan fingerprint density at radius 2 is 1.84 bits per heavy atom. The van der Waals surface area contributed by atoms with Crippen LogP contribution in [0.4, 0.5) is 13.2 Å². The van der Waals surface area contributed by atoms with Crippen molar-refractivity contribution in [1.82, 2.24) is 10.2 Å². The SMILES string of the molecule is CC=CC(=O)N1CCCNCC1.O=C(O)C(F)(F)F. The van der Waals surface area contributed by atoms with E-state index in [0.717, 1.165) is 32.6 Å². The minimum atomic E-state index is -5.08. The van der Waals surface area contributed by atoms with Crippen molar-refractivity contribution in [3.05, 3.63) is 12.2 Å². The molecule has 0 aromatic rings. The Hall–Kier alpha value is -1.57. The number of rotatable bonds is 1. The van der Waals surface area contributed by atoms with Gasteiger partial charge in [-0.2, -0.15) is 13.2 Å². The topological polar surface area (TPSA) is 69.6 Å². The average molecular weight is 282 g/mol. The number of carboxylic acids is 1. The van der Waals surface area contributed by atoms with Crippen LogP contribution in [-0.4, -0.2) is 54.2 Å². The minimum absolute atomic E-state index is 0.140. The Kier molecular flexibility index (Phi) is 7.81. The van der Waals surface area contributed by atoms with E-state index in [0.29, 0.717) is 0 Å². The van der Waals surface area contributed by atoms with Crippen LogP contribution in [0.2, 0.25) is 0 Å². The zero-order valence-electron chi connectivity index (χ0n) is 10.5. The molecule has 0 unspecified atom stereocenters. The second kappa shape index (κ2) is 8.52. The van der Waals surface area contributed by atoms with Crippen molar-refractivity contribution in [2.75, 3.05) is 26.2 Å². The Balaban J connectivity index is 0.000000399. The Morgan fingerprint density at radius 1 is 1.26 bits per heavy atom. The maximum atomic E-state index is 11.4. The summed E-state index contributed by atoms with van der Waals surface area (Å²) in [6, 6.07) is 0. The molecule has 110 valence electrons. The number of carboxylic acid groups (broad SMARTS) is 1. The number of nitrogens with zero attached hydrogens (tertiary/aromatic N) is 1. The summed E-state index contributed by atoms with van der Waals surface area (Å²) in [7, 11) is 0. The highest BCUT2D eigenvalue weighted by atomic mass is 19.4. The first-order chi connectivity index (χ1) is 8.79. The first-order valence-corrected chi connectivity index (χ1v) is 5.71. The molecule has 1 saturated heterocycles. The van der Waals surface area contributed by atoms with Crippen molar-refractivity contribution in [2.45, 2.75) is 19.5 Å². The summed E-state index contributed by atoms with van der Waals surface area (Å²) in [6.45, 7) is 5.54. The van der Waals surface area contributed by atoms with Crippen molar-refractivity contribution in [3.63, 3.8) is 0 Å². The van der Waals surface area contributed by atoms with E-state index in [1.165, 1.54) is 0 Å². The zero-order valence-corrected chi connectivity index (χ0v) is 10.5. The van der Waals surface area contributed by atoms with Gasteiger partial charge in [0.1, 0.15) is 0 Å². The molecular formula is C11H17F3N2O3. The number of hydrogen-bond acceptors (Lipinski definition) is 3. The van der Waals surface area contributed by atoms with Crippen molar-refractivity contribution < 1.29 is 27.9 Å². The number of amides is 1. The molecule has 5 nitrogen and oxygen atoms in total. The normalized spacial score (nSPS) is 16.5. The molecule has 2 N–H and O–H groups in total. The van der Waals surface area contributed by atoms with Crippen molar-refractivity contribution >= 4 is 11.9 Å². The smallest absolute Gasteiger partial charge is 0.475 e. The summed E-state index contributed by atoms with van der Waals surface area (Å²) >= 11 is 0. The predicted molar refractivity (Wildman–Crippen MR) is 62.6 cm³/mol. The quantitative estimate of drug-likeness (QED) is 0.704.